The molecule has 4 N–H and O–H groups in total. The lowest BCUT2D eigenvalue weighted by molar-refractivity contribution is 0.0946. The number of carbonyl (C=O) groups excluding carboxylic acids is 1. The average Bonchev–Trinajstić information content (AvgIpc) is 3.97. The number of H-pyrrole nitrogens is 3. The molecule has 0 unspecified atom stereocenters. The van der Waals surface area contributed by atoms with Crippen LogP contribution < -0.4 is 5.32 Å². The first-order valence-corrected chi connectivity index (χ1v) is 15.7. The van der Waals surface area contributed by atoms with Crippen molar-refractivity contribution in [3.05, 3.63) is 115 Å². The van der Waals surface area contributed by atoms with Crippen molar-refractivity contribution in [2.45, 2.75) is 6.54 Å². The van der Waals surface area contributed by atoms with Gasteiger partial charge in [-0.15, -0.1) is 0 Å². The molecule has 0 saturated heterocycles. The SMILES string of the molecule is O=C(NCc1cccc2c3nc4nc(nc5[nH]c(nc6nc(nc([nH]3)c12)-c1ccccc1-6)c1ccccc51)-c1ccccc1-4)c1cc[nH]n1. The Labute approximate surface area is 276 Å². The Morgan fingerprint density at radius 3 is 1.57 bits per heavy atom. The fourth-order valence-corrected chi connectivity index (χ4v) is 6.56. The van der Waals surface area contributed by atoms with Crippen molar-refractivity contribution in [1.29, 1.82) is 0 Å². The van der Waals surface area contributed by atoms with Gasteiger partial charge in [0.2, 0.25) is 0 Å². The van der Waals surface area contributed by atoms with Gasteiger partial charge in [0.1, 0.15) is 28.3 Å². The van der Waals surface area contributed by atoms with Crippen molar-refractivity contribution in [2.24, 2.45) is 0 Å². The van der Waals surface area contributed by atoms with Gasteiger partial charge in [0.25, 0.3) is 5.91 Å². The van der Waals surface area contributed by atoms with Crippen molar-refractivity contribution < 1.29 is 4.79 Å². The summed E-state index contributed by atoms with van der Waals surface area (Å²) in [5, 5.41) is 13.1. The molecule has 4 aromatic carbocycles. The Bertz CT molecular complexity index is 2810. The highest BCUT2D eigenvalue weighted by Gasteiger charge is 2.22. The maximum atomic E-state index is 12.9. The normalized spacial score (nSPS) is 11.8. The Kier molecular flexibility index (Phi) is 5.78. The van der Waals surface area contributed by atoms with Gasteiger partial charge in [-0.1, -0.05) is 91.0 Å². The summed E-state index contributed by atoms with van der Waals surface area (Å²) >= 11 is 0. The van der Waals surface area contributed by atoms with Crippen LogP contribution in [0.25, 0.3) is 89.7 Å². The summed E-state index contributed by atoms with van der Waals surface area (Å²) in [6.45, 7) is 0.237. The van der Waals surface area contributed by atoms with Gasteiger partial charge in [0, 0.05) is 56.5 Å². The molecule has 2 aliphatic heterocycles. The van der Waals surface area contributed by atoms with Crippen molar-refractivity contribution >= 4 is 50.0 Å². The zero-order valence-corrected chi connectivity index (χ0v) is 25.6. The van der Waals surface area contributed by atoms with E-state index in [9.17, 15) is 4.79 Å². The molecule has 4 aromatic heterocycles. The third-order valence-corrected chi connectivity index (χ3v) is 8.84. The molecule has 0 fully saturated rings. The molecule has 0 saturated carbocycles. The van der Waals surface area contributed by atoms with Crippen LogP contribution in [0.1, 0.15) is 16.1 Å². The fraction of sp³-hybridized carbons (Fsp3) is 0.0270. The highest BCUT2D eigenvalue weighted by molar-refractivity contribution is 6.07. The van der Waals surface area contributed by atoms with Crippen LogP contribution in [0.5, 0.6) is 0 Å². The number of aromatic nitrogens is 10. The average molecular weight is 638 g/mol. The lowest BCUT2D eigenvalue weighted by Crippen LogP contribution is -2.23. The summed E-state index contributed by atoms with van der Waals surface area (Å²) in [6, 6.07) is 31.4. The van der Waals surface area contributed by atoms with Crippen LogP contribution in [0.15, 0.2) is 103 Å². The van der Waals surface area contributed by atoms with Crippen molar-refractivity contribution in [2.75, 3.05) is 0 Å². The topological polar surface area (TPSA) is 167 Å². The van der Waals surface area contributed by atoms with Crippen molar-refractivity contribution in [1.82, 2.24) is 55.4 Å². The van der Waals surface area contributed by atoms with E-state index in [1.165, 1.54) is 0 Å². The lowest BCUT2D eigenvalue weighted by atomic mass is 10.1. The van der Waals surface area contributed by atoms with Crippen molar-refractivity contribution in [3.63, 3.8) is 0 Å². The van der Waals surface area contributed by atoms with Crippen LogP contribution in [-0.2, 0) is 6.54 Å². The fourth-order valence-electron chi connectivity index (χ4n) is 6.56. The lowest BCUT2D eigenvalue weighted by Gasteiger charge is -2.05. The second-order valence-electron chi connectivity index (χ2n) is 11.7. The molecule has 1 amide bonds. The predicted molar refractivity (Wildman–Crippen MR) is 186 cm³/mol. The maximum absolute atomic E-state index is 12.9. The number of hydrogen-bond donors (Lipinski definition) is 4. The van der Waals surface area contributed by atoms with E-state index < -0.39 is 0 Å². The van der Waals surface area contributed by atoms with Gasteiger partial charge in [0.05, 0.1) is 0 Å². The molecule has 0 spiro atoms. The molecule has 0 atom stereocenters. The summed E-state index contributed by atoms with van der Waals surface area (Å²) in [5.41, 5.74) is 7.01. The molecule has 0 aliphatic carbocycles. The number of rotatable bonds is 3. The Balaban J connectivity index is 1.31. The summed E-state index contributed by atoms with van der Waals surface area (Å²) < 4.78 is 0. The zero-order chi connectivity index (χ0) is 32.5. The van der Waals surface area contributed by atoms with Gasteiger partial charge in [-0.2, -0.15) is 5.10 Å². The minimum atomic E-state index is -0.291. The summed E-state index contributed by atoms with van der Waals surface area (Å²) in [7, 11) is 0. The largest absolute Gasteiger partial charge is 0.347 e. The van der Waals surface area contributed by atoms with Gasteiger partial charge in [-0.3, -0.25) is 9.89 Å². The van der Waals surface area contributed by atoms with Gasteiger partial charge < -0.3 is 15.3 Å². The van der Waals surface area contributed by atoms with E-state index in [0.717, 1.165) is 49.4 Å². The quantitative estimate of drug-likeness (QED) is 0.170. The monoisotopic (exact) mass is 637 g/mol. The predicted octanol–water partition coefficient (Wildman–Crippen LogP) is 6.52. The van der Waals surface area contributed by atoms with Gasteiger partial charge in [0.15, 0.2) is 23.3 Å². The molecule has 12 nitrogen and oxygen atoms in total. The third kappa shape index (κ3) is 4.31. The molecule has 232 valence electrons. The van der Waals surface area contributed by atoms with Gasteiger partial charge in [-0.05, 0) is 11.6 Å². The van der Waals surface area contributed by atoms with E-state index in [2.05, 4.69) is 25.5 Å². The molecule has 2 aliphatic rings. The smallest absolute Gasteiger partial charge is 0.272 e. The second-order valence-corrected chi connectivity index (χ2v) is 11.7. The number of amides is 1. The molecule has 49 heavy (non-hydrogen) atoms. The van der Waals surface area contributed by atoms with E-state index in [1.54, 1.807) is 12.3 Å². The molecule has 8 bridgehead atoms. The standard InChI is InChI=1S/C37H23N11O/c49-37(27-16-17-39-48-27)38-18-19-8-7-15-26-28(19)36-46-34-25-14-6-5-13-24(25)32(44-34)42-30-21-10-2-1-9-20(21)29(40-30)41-31-22-11-3-4-12-23(22)33(43-31)45-35(26)47-36/h1-17H,18H2,(H,38,49)(H,39,48)(H2,40,41,42,43,44,45,46,47). The first-order chi connectivity index (χ1) is 24.2. The highest BCUT2D eigenvalue weighted by atomic mass is 16.1. The van der Waals surface area contributed by atoms with E-state index in [1.807, 2.05) is 91.0 Å². The number of hydrogen-bond acceptors (Lipinski definition) is 8. The van der Waals surface area contributed by atoms with Gasteiger partial charge >= 0.3 is 0 Å². The Morgan fingerprint density at radius 1 is 0.531 bits per heavy atom. The Morgan fingerprint density at radius 2 is 1.02 bits per heavy atom. The molecule has 8 aromatic rings. The number of nitrogens with one attached hydrogen (secondary N) is 4. The number of carbonyl (C=O) groups is 1. The summed E-state index contributed by atoms with van der Waals surface area (Å²) in [4.78, 5) is 50.0. The zero-order valence-electron chi connectivity index (χ0n) is 25.6. The van der Waals surface area contributed by atoms with Crippen LogP contribution in [0, 0.1) is 0 Å². The van der Waals surface area contributed by atoms with E-state index in [4.69, 9.17) is 29.9 Å². The maximum Gasteiger partial charge on any atom is 0.272 e. The Hall–Kier alpha value is -7.08. The third-order valence-electron chi connectivity index (χ3n) is 8.84. The molecule has 10 rings (SSSR count). The molecule has 0 radical (unpaired) electrons. The first-order valence-electron chi connectivity index (χ1n) is 15.7. The van der Waals surface area contributed by atoms with Crippen molar-refractivity contribution in [3.8, 4) is 45.6 Å². The first kappa shape index (κ1) is 27.1. The minimum Gasteiger partial charge on any atom is -0.347 e. The van der Waals surface area contributed by atoms with Crippen LogP contribution >= 0.6 is 0 Å². The molecular formula is C37H23N11O. The van der Waals surface area contributed by atoms with E-state index in [0.29, 0.717) is 51.6 Å². The summed E-state index contributed by atoms with van der Waals surface area (Å²) in [5.74, 6) is 1.81. The second kappa shape index (κ2) is 10.5. The highest BCUT2D eigenvalue weighted by Crippen LogP contribution is 2.37. The molecule has 6 heterocycles. The van der Waals surface area contributed by atoms with Gasteiger partial charge in [-0.25, -0.2) is 29.9 Å². The number of aromatic amines is 3. The van der Waals surface area contributed by atoms with Crippen LogP contribution in [-0.4, -0.2) is 56.0 Å². The number of fused-ring (bicyclic) bond motifs is 20. The van der Waals surface area contributed by atoms with Crippen LogP contribution in [0.3, 0.4) is 0 Å². The van der Waals surface area contributed by atoms with Crippen LogP contribution in [0.2, 0.25) is 0 Å². The molecule has 12 heteroatoms. The minimum absolute atomic E-state index is 0.237. The molecular weight excluding hydrogens is 614 g/mol. The summed E-state index contributed by atoms with van der Waals surface area (Å²) in [6.07, 6.45) is 1.61. The van der Waals surface area contributed by atoms with E-state index in [-0.39, 0.29) is 12.5 Å². The van der Waals surface area contributed by atoms with E-state index >= 15 is 0 Å². The number of benzene rings is 4. The number of nitrogens with zero attached hydrogens (tertiary/aromatic N) is 7. The van der Waals surface area contributed by atoms with Crippen LogP contribution in [0.4, 0.5) is 0 Å².